The van der Waals surface area contributed by atoms with Crippen LogP contribution in [0.5, 0.6) is 17.2 Å². The van der Waals surface area contributed by atoms with Crippen molar-refractivity contribution in [1.82, 2.24) is 4.98 Å². The van der Waals surface area contributed by atoms with Crippen molar-refractivity contribution in [3.05, 3.63) is 83.2 Å². The monoisotopic (exact) mass is 499 g/mol. The summed E-state index contributed by atoms with van der Waals surface area (Å²) in [6, 6.07) is 11.1. The van der Waals surface area contributed by atoms with Crippen molar-refractivity contribution in [3.8, 4) is 17.2 Å². The molecule has 2 aromatic carbocycles. The van der Waals surface area contributed by atoms with E-state index in [2.05, 4.69) is 4.98 Å². The molecule has 7 nitrogen and oxygen atoms in total. The topological polar surface area (TPSA) is 95.0 Å². The molecule has 0 aliphatic heterocycles. The van der Waals surface area contributed by atoms with Crippen LogP contribution in [0.15, 0.2) is 54.7 Å². The van der Waals surface area contributed by atoms with E-state index in [0.717, 1.165) is 0 Å². The molecule has 190 valence electrons. The number of carbonyl (C=O) groups excluding carboxylic acids is 2. The highest BCUT2D eigenvalue weighted by Gasteiger charge is 2.30. The molecular formula is C27H27F2NO6. The first-order chi connectivity index (χ1) is 17.2. The largest absolute Gasteiger partial charge is 0.503 e. The Morgan fingerprint density at radius 3 is 2.22 bits per heavy atom. The van der Waals surface area contributed by atoms with Crippen LogP contribution in [-0.2, 0) is 9.53 Å². The van der Waals surface area contributed by atoms with E-state index in [-0.39, 0.29) is 23.6 Å². The van der Waals surface area contributed by atoms with Crippen molar-refractivity contribution in [2.45, 2.75) is 32.3 Å². The van der Waals surface area contributed by atoms with Crippen molar-refractivity contribution >= 4 is 11.8 Å². The number of ketones is 1. The SMILES string of the molecule is COc1cc(F)ccc1[C@@H](c1ccc(F)cc1)[C@H](C)OC(=O)[C@H](C)CC(=O)c1nccc(OC)c1O. The molecule has 0 saturated heterocycles. The number of rotatable bonds is 10. The van der Waals surface area contributed by atoms with E-state index in [1.165, 1.54) is 63.7 Å². The zero-order valence-electron chi connectivity index (χ0n) is 20.3. The minimum absolute atomic E-state index is 0.0904. The van der Waals surface area contributed by atoms with E-state index in [9.17, 15) is 23.5 Å². The Morgan fingerprint density at radius 2 is 1.58 bits per heavy atom. The van der Waals surface area contributed by atoms with Crippen molar-refractivity contribution in [3.63, 3.8) is 0 Å². The van der Waals surface area contributed by atoms with E-state index in [1.807, 2.05) is 0 Å². The summed E-state index contributed by atoms with van der Waals surface area (Å²) in [6.07, 6.45) is 0.267. The van der Waals surface area contributed by atoms with Crippen LogP contribution in [0.25, 0.3) is 0 Å². The Hall–Kier alpha value is -4.01. The van der Waals surface area contributed by atoms with Crippen molar-refractivity contribution in [1.29, 1.82) is 0 Å². The standard InChI is InChI=1S/C27H27F2NO6/c1-15(13-21(31)25-26(32)22(34-3)11-12-30-25)27(33)36-16(2)24(17-5-7-18(28)8-6-17)20-10-9-19(29)14-23(20)35-4/h5-12,14-16,24,32H,13H2,1-4H3/t15-,16+,24-/m1/s1. The highest BCUT2D eigenvalue weighted by molar-refractivity contribution is 5.99. The second kappa shape index (κ2) is 11.6. The summed E-state index contributed by atoms with van der Waals surface area (Å²) in [4.78, 5) is 29.5. The van der Waals surface area contributed by atoms with E-state index in [4.69, 9.17) is 14.2 Å². The number of ether oxygens (including phenoxy) is 3. The van der Waals surface area contributed by atoms with Crippen LogP contribution >= 0.6 is 0 Å². The number of methoxy groups -OCH3 is 2. The Morgan fingerprint density at radius 1 is 0.944 bits per heavy atom. The number of aromatic hydroxyl groups is 1. The molecule has 0 spiro atoms. The number of pyridine rings is 1. The molecule has 0 unspecified atom stereocenters. The fraction of sp³-hybridized carbons (Fsp3) is 0.296. The summed E-state index contributed by atoms with van der Waals surface area (Å²) in [7, 11) is 2.74. The second-order valence-electron chi connectivity index (χ2n) is 8.30. The minimum Gasteiger partial charge on any atom is -0.503 e. The maximum absolute atomic E-state index is 13.8. The molecule has 1 aromatic heterocycles. The highest BCUT2D eigenvalue weighted by atomic mass is 19.1. The first-order valence-electron chi connectivity index (χ1n) is 11.2. The Balaban J connectivity index is 1.82. The summed E-state index contributed by atoms with van der Waals surface area (Å²) in [6.45, 7) is 3.17. The van der Waals surface area contributed by atoms with Gasteiger partial charge in [0.1, 0.15) is 23.5 Å². The third-order valence-electron chi connectivity index (χ3n) is 5.80. The lowest BCUT2D eigenvalue weighted by molar-refractivity contribution is -0.153. The van der Waals surface area contributed by atoms with E-state index in [0.29, 0.717) is 11.1 Å². The average molecular weight is 500 g/mol. The zero-order valence-corrected chi connectivity index (χ0v) is 20.3. The van der Waals surface area contributed by atoms with Gasteiger partial charge in [0.15, 0.2) is 23.0 Å². The average Bonchev–Trinajstić information content (AvgIpc) is 2.86. The third kappa shape index (κ3) is 5.97. The molecule has 3 aromatic rings. The van der Waals surface area contributed by atoms with Gasteiger partial charge in [-0.2, -0.15) is 0 Å². The van der Waals surface area contributed by atoms with Crippen LogP contribution in [-0.4, -0.2) is 42.2 Å². The molecule has 0 bridgehead atoms. The first-order valence-corrected chi connectivity index (χ1v) is 11.2. The highest BCUT2D eigenvalue weighted by Crippen LogP contribution is 2.37. The number of aromatic nitrogens is 1. The molecule has 3 rings (SSSR count). The number of nitrogens with zero attached hydrogens (tertiary/aromatic N) is 1. The van der Waals surface area contributed by atoms with Gasteiger partial charge >= 0.3 is 5.97 Å². The number of hydrogen-bond donors (Lipinski definition) is 1. The molecule has 0 radical (unpaired) electrons. The fourth-order valence-corrected chi connectivity index (χ4v) is 3.95. The van der Waals surface area contributed by atoms with Crippen LogP contribution in [0.2, 0.25) is 0 Å². The minimum atomic E-state index is -0.865. The van der Waals surface area contributed by atoms with Gasteiger partial charge < -0.3 is 19.3 Å². The lowest BCUT2D eigenvalue weighted by Crippen LogP contribution is -2.28. The Labute approximate surface area is 207 Å². The zero-order chi connectivity index (χ0) is 26.4. The lowest BCUT2D eigenvalue weighted by atomic mass is 9.86. The van der Waals surface area contributed by atoms with Gasteiger partial charge in [0, 0.05) is 36.2 Å². The van der Waals surface area contributed by atoms with Crippen LogP contribution in [0.4, 0.5) is 8.78 Å². The number of esters is 1. The summed E-state index contributed by atoms with van der Waals surface area (Å²) >= 11 is 0. The van der Waals surface area contributed by atoms with Gasteiger partial charge in [-0.25, -0.2) is 13.8 Å². The molecule has 1 heterocycles. The molecule has 0 aliphatic rings. The van der Waals surface area contributed by atoms with Crippen LogP contribution < -0.4 is 9.47 Å². The van der Waals surface area contributed by atoms with Gasteiger partial charge in [0.2, 0.25) is 0 Å². The predicted molar refractivity (Wildman–Crippen MR) is 127 cm³/mol. The molecule has 3 atom stereocenters. The summed E-state index contributed by atoms with van der Waals surface area (Å²) in [5.41, 5.74) is 0.957. The van der Waals surface area contributed by atoms with Crippen LogP contribution in [0, 0.1) is 17.6 Å². The van der Waals surface area contributed by atoms with Gasteiger partial charge in [-0.15, -0.1) is 0 Å². The quantitative estimate of drug-likeness (QED) is 0.308. The molecule has 1 N–H and O–H groups in total. The van der Waals surface area contributed by atoms with E-state index >= 15 is 0 Å². The molecule has 9 heteroatoms. The number of Topliss-reactive ketones (excluding diaryl/α,β-unsaturated/α-hetero) is 1. The maximum Gasteiger partial charge on any atom is 0.309 e. The van der Waals surface area contributed by atoms with Gasteiger partial charge in [-0.3, -0.25) is 9.59 Å². The molecular weight excluding hydrogens is 472 g/mol. The number of halogens is 2. The fourth-order valence-electron chi connectivity index (χ4n) is 3.95. The normalized spacial score (nSPS) is 13.4. The van der Waals surface area contributed by atoms with Gasteiger partial charge in [-0.05, 0) is 30.7 Å². The molecule has 0 saturated carbocycles. The van der Waals surface area contributed by atoms with Crippen molar-refractivity contribution in [2.24, 2.45) is 5.92 Å². The van der Waals surface area contributed by atoms with E-state index in [1.54, 1.807) is 19.1 Å². The van der Waals surface area contributed by atoms with Gasteiger partial charge in [0.05, 0.1) is 20.1 Å². The Kier molecular flexibility index (Phi) is 8.58. The lowest BCUT2D eigenvalue weighted by Gasteiger charge is -2.27. The van der Waals surface area contributed by atoms with Crippen molar-refractivity contribution < 1.29 is 37.7 Å². The third-order valence-corrected chi connectivity index (χ3v) is 5.80. The number of carbonyl (C=O) groups is 2. The summed E-state index contributed by atoms with van der Waals surface area (Å²) < 4.78 is 43.5. The van der Waals surface area contributed by atoms with Crippen LogP contribution in [0.3, 0.4) is 0 Å². The summed E-state index contributed by atoms with van der Waals surface area (Å²) in [5, 5.41) is 10.2. The van der Waals surface area contributed by atoms with Gasteiger partial charge in [-0.1, -0.05) is 25.1 Å². The van der Waals surface area contributed by atoms with Crippen molar-refractivity contribution in [2.75, 3.05) is 14.2 Å². The van der Waals surface area contributed by atoms with Crippen LogP contribution in [0.1, 0.15) is 47.8 Å². The van der Waals surface area contributed by atoms with E-state index < -0.39 is 47.1 Å². The number of benzene rings is 2. The molecule has 0 aliphatic carbocycles. The number of hydrogen-bond acceptors (Lipinski definition) is 7. The van der Waals surface area contributed by atoms with Gasteiger partial charge in [0.25, 0.3) is 0 Å². The Bertz CT molecular complexity index is 1230. The predicted octanol–water partition coefficient (Wildman–Crippen LogP) is 5.06. The first kappa shape index (κ1) is 26.6. The molecule has 0 amide bonds. The molecule has 36 heavy (non-hydrogen) atoms. The maximum atomic E-state index is 13.8. The summed E-state index contributed by atoms with van der Waals surface area (Å²) in [5.74, 6) is -3.70. The second-order valence-corrected chi connectivity index (χ2v) is 8.30. The molecule has 0 fully saturated rings. The smallest absolute Gasteiger partial charge is 0.309 e.